The second-order valence-corrected chi connectivity index (χ2v) is 7.73. The molecule has 10 heteroatoms. The zero-order chi connectivity index (χ0) is 24.7. The summed E-state index contributed by atoms with van der Waals surface area (Å²) in [6.07, 6.45) is -3.82. The number of H-pyrrole nitrogens is 1. The van der Waals surface area contributed by atoms with Gasteiger partial charge in [-0.1, -0.05) is 24.1 Å². The number of nitrogens with zero attached hydrogens (tertiary/aromatic N) is 2. The first-order chi connectivity index (χ1) is 16.9. The molecule has 0 saturated carbocycles. The summed E-state index contributed by atoms with van der Waals surface area (Å²) in [7, 11) is 0. The van der Waals surface area contributed by atoms with Crippen LogP contribution in [0.3, 0.4) is 0 Å². The number of benzene rings is 2. The van der Waals surface area contributed by atoms with E-state index < -0.39 is 17.8 Å². The number of carbonyl (C=O) groups excluding carboxylic acids is 1. The van der Waals surface area contributed by atoms with Crippen LogP contribution in [0.15, 0.2) is 54.7 Å². The smallest absolute Gasteiger partial charge is 0.432 e. The summed E-state index contributed by atoms with van der Waals surface area (Å²) in [5, 5.41) is 2.68. The van der Waals surface area contributed by atoms with Gasteiger partial charge >= 0.3 is 12.1 Å². The van der Waals surface area contributed by atoms with Gasteiger partial charge in [-0.05, 0) is 30.3 Å². The number of anilines is 1. The second kappa shape index (κ2) is 11.1. The maximum Gasteiger partial charge on any atom is 0.432 e. The third kappa shape index (κ3) is 6.85. The van der Waals surface area contributed by atoms with Crippen molar-refractivity contribution in [1.82, 2.24) is 14.9 Å². The minimum absolute atomic E-state index is 0.0167. The Labute approximate surface area is 200 Å². The molecule has 7 nitrogen and oxygen atoms in total. The summed E-state index contributed by atoms with van der Waals surface area (Å²) in [6.45, 7) is 3.97. The number of ether oxygens (including phenoxy) is 2. The maximum atomic E-state index is 13.0. The van der Waals surface area contributed by atoms with E-state index in [4.69, 9.17) is 9.47 Å². The molecule has 2 aromatic carbocycles. The van der Waals surface area contributed by atoms with E-state index in [1.807, 2.05) is 18.2 Å². The number of amides is 1. The van der Waals surface area contributed by atoms with Gasteiger partial charge in [0.25, 0.3) is 0 Å². The van der Waals surface area contributed by atoms with E-state index in [0.29, 0.717) is 43.2 Å². The van der Waals surface area contributed by atoms with Crippen LogP contribution in [-0.4, -0.2) is 60.2 Å². The van der Waals surface area contributed by atoms with Crippen LogP contribution in [-0.2, 0) is 15.7 Å². The SMILES string of the molecule is O=C(C#Cc1ccccc1)Nc1cc(-c2ncc(C(F)(F)F)[nH]2)ccc1OCCN1CCOCC1. The van der Waals surface area contributed by atoms with Crippen molar-refractivity contribution < 1.29 is 27.4 Å². The maximum absolute atomic E-state index is 13.0. The molecule has 3 aromatic rings. The van der Waals surface area contributed by atoms with Crippen molar-refractivity contribution in [2.24, 2.45) is 0 Å². The quantitative estimate of drug-likeness (QED) is 0.521. The Morgan fingerprint density at radius 2 is 1.94 bits per heavy atom. The van der Waals surface area contributed by atoms with Gasteiger partial charge in [0.15, 0.2) is 0 Å². The number of rotatable bonds is 6. The zero-order valence-corrected chi connectivity index (χ0v) is 18.7. The Morgan fingerprint density at radius 3 is 2.66 bits per heavy atom. The van der Waals surface area contributed by atoms with Gasteiger partial charge in [-0.15, -0.1) is 0 Å². The number of imidazole rings is 1. The van der Waals surface area contributed by atoms with Crippen LogP contribution in [0.25, 0.3) is 11.4 Å². The summed E-state index contributed by atoms with van der Waals surface area (Å²) < 4.78 is 50.2. The monoisotopic (exact) mass is 484 g/mol. The molecule has 0 spiro atoms. The average Bonchev–Trinajstić information content (AvgIpc) is 3.36. The van der Waals surface area contributed by atoms with Gasteiger partial charge in [0.1, 0.15) is 23.9 Å². The molecule has 4 rings (SSSR count). The first kappa shape index (κ1) is 24.3. The van der Waals surface area contributed by atoms with Crippen LogP contribution in [0.1, 0.15) is 11.3 Å². The number of alkyl halides is 3. The van der Waals surface area contributed by atoms with Crippen LogP contribution >= 0.6 is 0 Å². The van der Waals surface area contributed by atoms with Crippen LogP contribution in [0.4, 0.5) is 18.9 Å². The highest BCUT2D eigenvalue weighted by Crippen LogP contribution is 2.32. The normalized spacial score (nSPS) is 14.1. The number of aromatic amines is 1. The van der Waals surface area contributed by atoms with Gasteiger partial charge in [0.05, 0.1) is 25.1 Å². The lowest BCUT2D eigenvalue weighted by molar-refractivity contribution is -0.140. The third-order valence-electron chi connectivity index (χ3n) is 5.25. The van der Waals surface area contributed by atoms with E-state index in [-0.39, 0.29) is 11.5 Å². The summed E-state index contributed by atoms with van der Waals surface area (Å²) in [5.74, 6) is 5.09. The summed E-state index contributed by atoms with van der Waals surface area (Å²) >= 11 is 0. The van der Waals surface area contributed by atoms with Gasteiger partial charge in [0, 0.05) is 36.7 Å². The number of aromatic nitrogens is 2. The number of morpholine rings is 1. The molecule has 182 valence electrons. The lowest BCUT2D eigenvalue weighted by Gasteiger charge is -2.26. The molecule has 35 heavy (non-hydrogen) atoms. The zero-order valence-electron chi connectivity index (χ0n) is 18.7. The highest BCUT2D eigenvalue weighted by atomic mass is 19.4. The van der Waals surface area contributed by atoms with Crippen molar-refractivity contribution in [3.8, 4) is 29.0 Å². The number of carbonyl (C=O) groups is 1. The van der Waals surface area contributed by atoms with Crippen molar-refractivity contribution >= 4 is 11.6 Å². The molecule has 1 aliphatic rings. The van der Waals surface area contributed by atoms with E-state index in [2.05, 4.69) is 32.0 Å². The molecule has 2 heterocycles. The Bertz CT molecular complexity index is 1210. The standard InChI is InChI=1S/C25H23F3N4O3/c26-25(27,28)22-17-29-24(31-22)19-7-8-21(35-15-12-32-10-13-34-14-11-32)20(16-19)30-23(33)9-6-18-4-2-1-3-5-18/h1-5,7-8,16-17H,10-15H2,(H,29,31)(H,30,33). The lowest BCUT2D eigenvalue weighted by atomic mass is 10.1. The molecule has 0 radical (unpaired) electrons. The van der Waals surface area contributed by atoms with Crippen molar-refractivity contribution in [1.29, 1.82) is 0 Å². The number of nitrogens with one attached hydrogen (secondary N) is 2. The van der Waals surface area contributed by atoms with Gasteiger partial charge in [-0.2, -0.15) is 13.2 Å². The fourth-order valence-corrected chi connectivity index (χ4v) is 3.43. The average molecular weight is 484 g/mol. The minimum Gasteiger partial charge on any atom is -0.490 e. The molecule has 1 fully saturated rings. The predicted molar refractivity (Wildman–Crippen MR) is 124 cm³/mol. The fraction of sp³-hybridized carbons (Fsp3) is 0.280. The van der Waals surface area contributed by atoms with Crippen molar-refractivity contribution in [2.75, 3.05) is 44.8 Å². The Morgan fingerprint density at radius 1 is 1.17 bits per heavy atom. The third-order valence-corrected chi connectivity index (χ3v) is 5.25. The summed E-state index contributed by atoms with van der Waals surface area (Å²) in [6, 6.07) is 13.7. The molecule has 2 N–H and O–H groups in total. The number of hydrogen-bond acceptors (Lipinski definition) is 5. The summed E-state index contributed by atoms with van der Waals surface area (Å²) in [5.41, 5.74) is 0.348. The molecule has 1 aromatic heterocycles. The molecule has 0 atom stereocenters. The van der Waals surface area contributed by atoms with E-state index in [9.17, 15) is 18.0 Å². The molecule has 1 amide bonds. The number of hydrogen-bond donors (Lipinski definition) is 2. The van der Waals surface area contributed by atoms with Crippen molar-refractivity contribution in [3.63, 3.8) is 0 Å². The van der Waals surface area contributed by atoms with Gasteiger partial charge in [-0.3, -0.25) is 9.69 Å². The largest absolute Gasteiger partial charge is 0.490 e. The molecular formula is C25H23F3N4O3. The van der Waals surface area contributed by atoms with Crippen LogP contribution in [0, 0.1) is 11.8 Å². The highest BCUT2D eigenvalue weighted by Gasteiger charge is 2.33. The van der Waals surface area contributed by atoms with Crippen molar-refractivity contribution in [3.05, 3.63) is 66.0 Å². The molecule has 0 bridgehead atoms. The van der Waals surface area contributed by atoms with E-state index in [0.717, 1.165) is 19.3 Å². The Kier molecular flexibility index (Phi) is 7.70. The van der Waals surface area contributed by atoms with E-state index in [1.54, 1.807) is 24.3 Å². The Balaban J connectivity index is 1.53. The predicted octanol–water partition coefficient (Wildman–Crippen LogP) is 3.80. The first-order valence-corrected chi connectivity index (χ1v) is 11.0. The molecule has 0 aliphatic carbocycles. The molecule has 1 aliphatic heterocycles. The van der Waals surface area contributed by atoms with Crippen LogP contribution in [0.5, 0.6) is 5.75 Å². The van der Waals surface area contributed by atoms with Gasteiger partial charge in [0.2, 0.25) is 0 Å². The first-order valence-electron chi connectivity index (χ1n) is 11.0. The second-order valence-electron chi connectivity index (χ2n) is 7.73. The number of halogens is 3. The minimum atomic E-state index is -4.54. The fourth-order valence-electron chi connectivity index (χ4n) is 3.43. The molecule has 0 unspecified atom stereocenters. The van der Waals surface area contributed by atoms with Crippen LogP contribution in [0.2, 0.25) is 0 Å². The van der Waals surface area contributed by atoms with Crippen LogP contribution < -0.4 is 10.1 Å². The van der Waals surface area contributed by atoms with E-state index >= 15 is 0 Å². The van der Waals surface area contributed by atoms with Gasteiger partial charge in [-0.25, -0.2) is 4.98 Å². The highest BCUT2D eigenvalue weighted by molar-refractivity contribution is 6.05. The topological polar surface area (TPSA) is 79.5 Å². The van der Waals surface area contributed by atoms with E-state index in [1.165, 1.54) is 6.07 Å². The Hall–Kier alpha value is -3.81. The van der Waals surface area contributed by atoms with Crippen molar-refractivity contribution in [2.45, 2.75) is 6.18 Å². The molecule has 1 saturated heterocycles. The van der Waals surface area contributed by atoms with Gasteiger partial charge < -0.3 is 19.8 Å². The lowest BCUT2D eigenvalue weighted by Crippen LogP contribution is -2.38. The molecular weight excluding hydrogens is 461 g/mol. The summed E-state index contributed by atoms with van der Waals surface area (Å²) in [4.78, 5) is 20.8.